The maximum Gasteiger partial charge on any atom is 0.242 e. The number of nitrogens with one attached hydrogen (secondary N) is 2. The van der Waals surface area contributed by atoms with E-state index < -0.39 is 28.5 Å². The van der Waals surface area contributed by atoms with Gasteiger partial charge in [0.1, 0.15) is 16.8 Å². The van der Waals surface area contributed by atoms with Crippen LogP contribution in [0.3, 0.4) is 0 Å². The first-order chi connectivity index (χ1) is 12.7. The molecule has 0 aliphatic heterocycles. The predicted octanol–water partition coefficient (Wildman–Crippen LogP) is 3.76. The van der Waals surface area contributed by atoms with E-state index in [9.17, 15) is 22.3 Å². The van der Waals surface area contributed by atoms with Gasteiger partial charge in [0, 0.05) is 23.5 Å². The molecule has 3 N–H and O–H groups in total. The summed E-state index contributed by atoms with van der Waals surface area (Å²) in [6.07, 6.45) is -1.99. The lowest BCUT2D eigenvalue weighted by Crippen LogP contribution is -2.29. The van der Waals surface area contributed by atoms with Gasteiger partial charge in [-0.3, -0.25) is 0 Å². The second kappa shape index (κ2) is 9.63. The topological polar surface area (TPSA) is 91.6 Å². The highest BCUT2D eigenvalue weighted by Gasteiger charge is 2.22. The number of sulfonamides is 1. The SMILES string of the molecule is CC(CCNc1cc(Br)ccc1S(=O)(=O)NCC(O)c1ccco1)C(F)F. The second-order valence-corrected chi connectivity index (χ2v) is 8.70. The fourth-order valence-corrected chi connectivity index (χ4v) is 3.84. The van der Waals surface area contributed by atoms with Crippen molar-refractivity contribution in [3.05, 3.63) is 46.8 Å². The number of anilines is 1. The summed E-state index contributed by atoms with van der Waals surface area (Å²) in [5.41, 5.74) is 0.283. The Bertz CT molecular complexity index is 831. The zero-order chi connectivity index (χ0) is 20.0. The van der Waals surface area contributed by atoms with Crippen LogP contribution in [0.5, 0.6) is 0 Å². The molecule has 150 valence electrons. The van der Waals surface area contributed by atoms with Crippen molar-refractivity contribution in [2.45, 2.75) is 30.8 Å². The molecule has 2 unspecified atom stereocenters. The monoisotopic (exact) mass is 466 g/mol. The molecule has 2 aromatic rings. The molecule has 0 saturated carbocycles. The van der Waals surface area contributed by atoms with Crippen LogP contribution in [0.25, 0.3) is 0 Å². The molecule has 0 saturated heterocycles. The van der Waals surface area contributed by atoms with Crippen molar-refractivity contribution in [1.29, 1.82) is 0 Å². The van der Waals surface area contributed by atoms with Gasteiger partial charge in [0.2, 0.25) is 16.4 Å². The Morgan fingerprint density at radius 2 is 2.04 bits per heavy atom. The lowest BCUT2D eigenvalue weighted by atomic mass is 10.1. The van der Waals surface area contributed by atoms with Crippen LogP contribution in [0.2, 0.25) is 0 Å². The van der Waals surface area contributed by atoms with Gasteiger partial charge in [-0.15, -0.1) is 0 Å². The minimum absolute atomic E-state index is 0.0398. The van der Waals surface area contributed by atoms with Gasteiger partial charge >= 0.3 is 0 Å². The van der Waals surface area contributed by atoms with Crippen molar-refractivity contribution < 1.29 is 26.7 Å². The van der Waals surface area contributed by atoms with Crippen LogP contribution in [0.15, 0.2) is 50.4 Å². The average Bonchev–Trinajstić information content (AvgIpc) is 3.14. The van der Waals surface area contributed by atoms with Gasteiger partial charge in [0.25, 0.3) is 0 Å². The van der Waals surface area contributed by atoms with Gasteiger partial charge in [-0.2, -0.15) is 0 Å². The molecule has 10 heteroatoms. The molecule has 0 fully saturated rings. The Kier molecular flexibility index (Phi) is 7.78. The van der Waals surface area contributed by atoms with E-state index in [4.69, 9.17) is 4.42 Å². The van der Waals surface area contributed by atoms with E-state index in [1.807, 2.05) is 0 Å². The molecule has 0 aliphatic rings. The molecule has 27 heavy (non-hydrogen) atoms. The summed E-state index contributed by atoms with van der Waals surface area (Å²) >= 11 is 3.27. The third-order valence-electron chi connectivity index (χ3n) is 3.91. The Labute approximate surface area is 165 Å². The van der Waals surface area contributed by atoms with E-state index in [1.165, 1.54) is 25.3 Å². The van der Waals surface area contributed by atoms with Crippen molar-refractivity contribution >= 4 is 31.6 Å². The molecule has 0 bridgehead atoms. The fourth-order valence-electron chi connectivity index (χ4n) is 2.28. The van der Waals surface area contributed by atoms with Gasteiger partial charge in [0.15, 0.2) is 0 Å². The van der Waals surface area contributed by atoms with Crippen LogP contribution < -0.4 is 10.0 Å². The number of benzene rings is 1. The summed E-state index contributed by atoms with van der Waals surface area (Å²) in [6.45, 7) is 1.36. The Balaban J connectivity index is 2.08. The van der Waals surface area contributed by atoms with E-state index in [1.54, 1.807) is 18.2 Å². The Morgan fingerprint density at radius 1 is 1.30 bits per heavy atom. The lowest BCUT2D eigenvalue weighted by molar-refractivity contribution is 0.0837. The first-order valence-corrected chi connectivity index (χ1v) is 10.5. The van der Waals surface area contributed by atoms with Crippen LogP contribution in [0, 0.1) is 5.92 Å². The summed E-state index contributed by atoms with van der Waals surface area (Å²) in [5, 5.41) is 12.9. The van der Waals surface area contributed by atoms with E-state index in [2.05, 4.69) is 26.0 Å². The lowest BCUT2D eigenvalue weighted by Gasteiger charge is -2.16. The molecule has 2 rings (SSSR count). The van der Waals surface area contributed by atoms with Crippen LogP contribution in [-0.4, -0.2) is 33.0 Å². The molecule has 0 spiro atoms. The van der Waals surface area contributed by atoms with E-state index >= 15 is 0 Å². The molecule has 1 heterocycles. The number of alkyl halides is 2. The van der Waals surface area contributed by atoms with Crippen molar-refractivity contribution in [3.8, 4) is 0 Å². The second-order valence-electron chi connectivity index (χ2n) is 6.05. The molecule has 6 nitrogen and oxygen atoms in total. The first-order valence-electron chi connectivity index (χ1n) is 8.23. The van der Waals surface area contributed by atoms with Gasteiger partial charge in [-0.1, -0.05) is 22.9 Å². The van der Waals surface area contributed by atoms with E-state index in [0.29, 0.717) is 4.47 Å². The minimum atomic E-state index is -3.94. The maximum absolute atomic E-state index is 12.6. The zero-order valence-electron chi connectivity index (χ0n) is 14.5. The van der Waals surface area contributed by atoms with Crippen LogP contribution in [0.1, 0.15) is 25.2 Å². The Hall–Kier alpha value is -1.49. The number of aliphatic hydroxyl groups excluding tert-OH is 1. The third-order valence-corrected chi connectivity index (χ3v) is 5.89. The minimum Gasteiger partial charge on any atom is -0.467 e. The number of rotatable bonds is 10. The summed E-state index contributed by atoms with van der Waals surface area (Å²) in [6, 6.07) is 7.64. The molecular weight excluding hydrogens is 446 g/mol. The van der Waals surface area contributed by atoms with Crippen LogP contribution in [-0.2, 0) is 10.0 Å². The summed E-state index contributed by atoms with van der Waals surface area (Å²) in [4.78, 5) is -0.0398. The molecule has 1 aromatic heterocycles. The Morgan fingerprint density at radius 3 is 2.67 bits per heavy atom. The highest BCUT2D eigenvalue weighted by Crippen LogP contribution is 2.26. The highest BCUT2D eigenvalue weighted by molar-refractivity contribution is 9.10. The smallest absolute Gasteiger partial charge is 0.242 e. The van der Waals surface area contributed by atoms with Gasteiger partial charge in [-0.05, 0) is 36.8 Å². The predicted molar refractivity (Wildman–Crippen MR) is 101 cm³/mol. The van der Waals surface area contributed by atoms with Gasteiger partial charge in [-0.25, -0.2) is 21.9 Å². The fraction of sp³-hybridized carbons (Fsp3) is 0.412. The van der Waals surface area contributed by atoms with E-state index in [-0.39, 0.29) is 35.9 Å². The number of hydrogen-bond donors (Lipinski definition) is 3. The normalized spacial score (nSPS) is 14.3. The van der Waals surface area contributed by atoms with Crippen LogP contribution in [0.4, 0.5) is 14.5 Å². The summed E-state index contributed by atoms with van der Waals surface area (Å²) in [7, 11) is -3.94. The first kappa shape index (κ1) is 21.8. The number of furan rings is 1. The zero-order valence-corrected chi connectivity index (χ0v) is 16.9. The molecular formula is C17H21BrF2N2O4S. The molecule has 0 amide bonds. The molecule has 0 radical (unpaired) electrons. The van der Waals surface area contributed by atoms with Crippen molar-refractivity contribution in [2.24, 2.45) is 5.92 Å². The largest absolute Gasteiger partial charge is 0.467 e. The van der Waals surface area contributed by atoms with Crippen molar-refractivity contribution in [2.75, 3.05) is 18.4 Å². The van der Waals surface area contributed by atoms with E-state index in [0.717, 1.165) is 0 Å². The standard InChI is InChI=1S/C17H21BrF2N2O4S/c1-11(17(19)20)6-7-21-13-9-12(18)4-5-16(13)27(24,25)22-10-14(23)15-3-2-8-26-15/h2-5,8-9,11,14,17,21-23H,6-7,10H2,1H3. The van der Waals surface area contributed by atoms with Crippen molar-refractivity contribution in [3.63, 3.8) is 0 Å². The molecule has 1 aromatic carbocycles. The average molecular weight is 467 g/mol. The van der Waals surface area contributed by atoms with Gasteiger partial charge in [0.05, 0.1) is 12.0 Å². The third kappa shape index (κ3) is 6.27. The maximum atomic E-state index is 12.6. The number of hydrogen-bond acceptors (Lipinski definition) is 5. The summed E-state index contributed by atoms with van der Waals surface area (Å²) < 4.78 is 58.4. The van der Waals surface area contributed by atoms with Crippen molar-refractivity contribution in [1.82, 2.24) is 4.72 Å². The highest BCUT2D eigenvalue weighted by atomic mass is 79.9. The molecule has 2 atom stereocenters. The number of aliphatic hydroxyl groups is 1. The van der Waals surface area contributed by atoms with Gasteiger partial charge < -0.3 is 14.8 Å². The number of halogens is 3. The summed E-state index contributed by atoms with van der Waals surface area (Å²) in [5.74, 6) is -0.556. The molecule has 0 aliphatic carbocycles. The van der Waals surface area contributed by atoms with Crippen LogP contribution >= 0.6 is 15.9 Å². The quantitative estimate of drug-likeness (QED) is 0.495.